The third-order valence-corrected chi connectivity index (χ3v) is 3.94. The molecule has 1 aromatic rings. The fourth-order valence-corrected chi connectivity index (χ4v) is 2.57. The van der Waals surface area contributed by atoms with Gasteiger partial charge in [0.05, 0.1) is 12.8 Å². The summed E-state index contributed by atoms with van der Waals surface area (Å²) in [7, 11) is 1.59. The molecular formula is C17H28N4O5S. The number of rotatable bonds is 8. The Bertz CT molecular complexity index is 669. The molecule has 0 bridgehead atoms. The van der Waals surface area contributed by atoms with Gasteiger partial charge in [-0.2, -0.15) is 16.9 Å². The van der Waals surface area contributed by atoms with E-state index in [1.54, 1.807) is 46.5 Å². The molecule has 2 amide bonds. The van der Waals surface area contributed by atoms with E-state index in [0.717, 1.165) is 0 Å². The lowest BCUT2D eigenvalue weighted by molar-refractivity contribution is -0.118. The summed E-state index contributed by atoms with van der Waals surface area (Å²) in [6.45, 7) is 7.12. The van der Waals surface area contributed by atoms with Gasteiger partial charge in [-0.3, -0.25) is 9.48 Å². The number of carbonyl (C=O) groups is 3. The van der Waals surface area contributed by atoms with Crippen LogP contribution in [0.3, 0.4) is 0 Å². The summed E-state index contributed by atoms with van der Waals surface area (Å²) >= 11 is 1.55. The number of amides is 2. The molecule has 0 saturated carbocycles. The van der Waals surface area contributed by atoms with Gasteiger partial charge < -0.3 is 20.1 Å². The zero-order valence-electron chi connectivity index (χ0n) is 16.6. The molecule has 9 nitrogen and oxygen atoms in total. The van der Waals surface area contributed by atoms with Gasteiger partial charge >= 0.3 is 12.1 Å². The first kappa shape index (κ1) is 22.8. The van der Waals surface area contributed by atoms with Crippen LogP contribution in [0.25, 0.3) is 0 Å². The van der Waals surface area contributed by atoms with Crippen molar-refractivity contribution in [3.05, 3.63) is 11.8 Å². The second kappa shape index (κ2) is 10.2. The van der Waals surface area contributed by atoms with Crippen LogP contribution < -0.4 is 10.6 Å². The van der Waals surface area contributed by atoms with E-state index in [9.17, 15) is 14.4 Å². The first-order valence-electron chi connectivity index (χ1n) is 8.57. The van der Waals surface area contributed by atoms with E-state index in [0.29, 0.717) is 12.2 Å². The van der Waals surface area contributed by atoms with E-state index >= 15 is 0 Å². The molecule has 1 atom stereocenters. The van der Waals surface area contributed by atoms with Crippen LogP contribution in [-0.2, 0) is 21.3 Å². The van der Waals surface area contributed by atoms with Crippen LogP contribution in [-0.4, -0.2) is 58.0 Å². The lowest BCUT2D eigenvalue weighted by Crippen LogP contribution is -2.46. The molecule has 1 heterocycles. The number of nitrogens with zero attached hydrogens (tertiary/aromatic N) is 2. The Hall–Kier alpha value is -2.23. The normalized spacial score (nSPS) is 12.2. The fourth-order valence-electron chi connectivity index (χ4n) is 2.10. The van der Waals surface area contributed by atoms with E-state index < -0.39 is 29.6 Å². The zero-order chi connectivity index (χ0) is 20.6. The van der Waals surface area contributed by atoms with Crippen LogP contribution in [0.2, 0.25) is 0 Å². The van der Waals surface area contributed by atoms with Crippen molar-refractivity contribution >= 4 is 35.5 Å². The number of nitrogens with one attached hydrogen (secondary N) is 2. The molecule has 2 N–H and O–H groups in total. The molecule has 10 heteroatoms. The van der Waals surface area contributed by atoms with Gasteiger partial charge in [0.15, 0.2) is 0 Å². The average molecular weight is 401 g/mol. The third-order valence-electron chi connectivity index (χ3n) is 3.29. The van der Waals surface area contributed by atoms with Crippen molar-refractivity contribution in [2.24, 2.45) is 7.05 Å². The molecular weight excluding hydrogens is 372 g/mol. The predicted octanol–water partition coefficient (Wildman–Crippen LogP) is 2.18. The van der Waals surface area contributed by atoms with Crippen LogP contribution in [0.1, 0.15) is 44.5 Å². The summed E-state index contributed by atoms with van der Waals surface area (Å²) in [4.78, 5) is 36.8. The smallest absolute Gasteiger partial charge is 0.408 e. The number of anilines is 1. The summed E-state index contributed by atoms with van der Waals surface area (Å²) < 4.78 is 11.6. The summed E-state index contributed by atoms with van der Waals surface area (Å²) in [6, 6.07) is -0.822. The monoisotopic (exact) mass is 400 g/mol. The Morgan fingerprint density at radius 2 is 2.00 bits per heavy atom. The van der Waals surface area contributed by atoms with Gasteiger partial charge in [-0.1, -0.05) is 0 Å². The van der Waals surface area contributed by atoms with Crippen LogP contribution in [0.4, 0.5) is 10.6 Å². The van der Waals surface area contributed by atoms with Crippen LogP contribution >= 0.6 is 11.8 Å². The first-order chi connectivity index (χ1) is 12.6. The van der Waals surface area contributed by atoms with Crippen molar-refractivity contribution in [1.82, 2.24) is 15.1 Å². The maximum atomic E-state index is 12.7. The van der Waals surface area contributed by atoms with E-state index in [-0.39, 0.29) is 18.0 Å². The maximum absolute atomic E-state index is 12.7. The van der Waals surface area contributed by atoms with Crippen LogP contribution in [0, 0.1) is 0 Å². The number of hydrogen-bond donors (Lipinski definition) is 2. The predicted molar refractivity (Wildman–Crippen MR) is 104 cm³/mol. The topological polar surface area (TPSA) is 112 Å². The van der Waals surface area contributed by atoms with Gasteiger partial charge in [-0.25, -0.2) is 9.59 Å². The summed E-state index contributed by atoms with van der Waals surface area (Å²) in [5, 5.41) is 9.23. The average Bonchev–Trinajstić information content (AvgIpc) is 2.90. The highest BCUT2D eigenvalue weighted by atomic mass is 32.2. The van der Waals surface area contributed by atoms with Gasteiger partial charge in [-0.15, -0.1) is 0 Å². The lowest BCUT2D eigenvalue weighted by Gasteiger charge is -2.23. The maximum Gasteiger partial charge on any atom is 0.408 e. The van der Waals surface area contributed by atoms with E-state index in [1.807, 2.05) is 6.26 Å². The number of thioether (sulfide) groups is 1. The minimum atomic E-state index is -0.822. The summed E-state index contributed by atoms with van der Waals surface area (Å²) in [5.41, 5.74) is -0.530. The SMILES string of the molecule is CCOC(=O)c1cnn(C)c1NC(=O)C(CCSC)NC(=O)OC(C)(C)C. The second-order valence-corrected chi connectivity index (χ2v) is 7.71. The van der Waals surface area contributed by atoms with Crippen molar-refractivity contribution in [3.63, 3.8) is 0 Å². The van der Waals surface area contributed by atoms with Crippen molar-refractivity contribution in [1.29, 1.82) is 0 Å². The molecule has 0 fully saturated rings. The molecule has 0 saturated heterocycles. The standard InChI is InChI=1S/C17H28N4O5S/c1-7-25-15(23)11-10-18-21(5)13(11)20-14(22)12(8-9-27-6)19-16(24)26-17(2,3)4/h10,12H,7-9H2,1-6H3,(H,19,24)(H,20,22). The Balaban J connectivity index is 2.92. The molecule has 152 valence electrons. The van der Waals surface area contributed by atoms with Crippen molar-refractivity contribution in [2.45, 2.75) is 45.8 Å². The molecule has 27 heavy (non-hydrogen) atoms. The van der Waals surface area contributed by atoms with Crippen molar-refractivity contribution in [2.75, 3.05) is 23.9 Å². The third kappa shape index (κ3) is 7.49. The van der Waals surface area contributed by atoms with Gasteiger partial charge in [-0.05, 0) is 46.1 Å². The van der Waals surface area contributed by atoms with Gasteiger partial charge in [0.1, 0.15) is 23.0 Å². The number of alkyl carbamates (subject to hydrolysis) is 1. The largest absolute Gasteiger partial charge is 0.462 e. The Kier molecular flexibility index (Phi) is 8.61. The Morgan fingerprint density at radius 1 is 1.33 bits per heavy atom. The highest BCUT2D eigenvalue weighted by Crippen LogP contribution is 2.17. The van der Waals surface area contributed by atoms with E-state index in [2.05, 4.69) is 15.7 Å². The number of aryl methyl sites for hydroxylation is 1. The first-order valence-corrected chi connectivity index (χ1v) is 9.96. The molecule has 0 aromatic carbocycles. The van der Waals surface area contributed by atoms with Crippen molar-refractivity contribution in [3.8, 4) is 0 Å². The molecule has 1 unspecified atom stereocenters. The fraction of sp³-hybridized carbons (Fsp3) is 0.647. The number of hydrogen-bond acceptors (Lipinski definition) is 7. The van der Waals surface area contributed by atoms with Crippen molar-refractivity contribution < 1.29 is 23.9 Å². The highest BCUT2D eigenvalue weighted by molar-refractivity contribution is 7.98. The molecule has 0 radical (unpaired) electrons. The molecule has 1 aromatic heterocycles. The van der Waals surface area contributed by atoms with Crippen LogP contribution in [0.5, 0.6) is 0 Å². The molecule has 1 rings (SSSR count). The lowest BCUT2D eigenvalue weighted by atomic mass is 10.2. The Morgan fingerprint density at radius 3 is 2.56 bits per heavy atom. The van der Waals surface area contributed by atoms with Gasteiger partial charge in [0, 0.05) is 7.05 Å². The van der Waals surface area contributed by atoms with Gasteiger partial charge in [0.2, 0.25) is 5.91 Å². The summed E-state index contributed by atoms with van der Waals surface area (Å²) in [5.74, 6) is -0.186. The van der Waals surface area contributed by atoms with E-state index in [1.165, 1.54) is 10.9 Å². The van der Waals surface area contributed by atoms with E-state index in [4.69, 9.17) is 9.47 Å². The minimum Gasteiger partial charge on any atom is -0.462 e. The van der Waals surface area contributed by atoms with Gasteiger partial charge in [0.25, 0.3) is 0 Å². The minimum absolute atomic E-state index is 0.147. The molecule has 0 spiro atoms. The molecule has 0 aliphatic rings. The summed E-state index contributed by atoms with van der Waals surface area (Å²) in [6.07, 6.45) is 2.95. The number of carbonyl (C=O) groups excluding carboxylic acids is 3. The number of esters is 1. The zero-order valence-corrected chi connectivity index (χ0v) is 17.4. The van der Waals surface area contributed by atoms with Crippen LogP contribution in [0.15, 0.2) is 6.20 Å². The quantitative estimate of drug-likeness (QED) is 0.643. The molecule has 0 aliphatic carbocycles. The second-order valence-electron chi connectivity index (χ2n) is 6.72. The Labute approximate surface area is 163 Å². The molecule has 0 aliphatic heterocycles. The number of aromatic nitrogens is 2. The highest BCUT2D eigenvalue weighted by Gasteiger charge is 2.26. The number of ether oxygens (including phenoxy) is 2.